The van der Waals surface area contributed by atoms with Crippen molar-refractivity contribution in [3.05, 3.63) is 52.5 Å². The van der Waals surface area contributed by atoms with Crippen molar-refractivity contribution in [3.8, 4) is 5.75 Å². The number of benzene rings is 2. The molecule has 1 saturated carbocycles. The van der Waals surface area contributed by atoms with Crippen molar-refractivity contribution in [3.63, 3.8) is 0 Å². The average Bonchev–Trinajstić information content (AvgIpc) is 2.58. The van der Waals surface area contributed by atoms with Crippen LogP contribution in [0.3, 0.4) is 0 Å². The summed E-state index contributed by atoms with van der Waals surface area (Å²) in [6, 6.07) is 11.8. The SMILES string of the molecule is O=C1CC(c2ccc(CNc3cc4c(cc3Cl)NC(=O)CO4)cc2)C1. The van der Waals surface area contributed by atoms with Gasteiger partial charge < -0.3 is 15.4 Å². The molecule has 0 radical (unpaired) electrons. The van der Waals surface area contributed by atoms with E-state index in [1.807, 2.05) is 0 Å². The molecule has 1 heterocycles. The van der Waals surface area contributed by atoms with Gasteiger partial charge in [-0.3, -0.25) is 9.59 Å². The van der Waals surface area contributed by atoms with Crippen LogP contribution in [0.4, 0.5) is 11.4 Å². The number of ketones is 1. The van der Waals surface area contributed by atoms with Crippen LogP contribution >= 0.6 is 11.6 Å². The Labute approximate surface area is 150 Å². The number of amides is 1. The molecule has 2 aromatic carbocycles. The Morgan fingerprint density at radius 1 is 1.16 bits per heavy atom. The second-order valence-electron chi connectivity index (χ2n) is 6.40. The first-order valence-electron chi connectivity index (χ1n) is 8.19. The lowest BCUT2D eigenvalue weighted by atomic mass is 9.79. The van der Waals surface area contributed by atoms with E-state index in [0.29, 0.717) is 47.5 Å². The number of halogens is 1. The normalized spacial score (nSPS) is 16.5. The fraction of sp³-hybridized carbons (Fsp3) is 0.263. The molecule has 0 atom stereocenters. The molecular weight excluding hydrogens is 340 g/mol. The predicted molar refractivity (Wildman–Crippen MR) is 96.3 cm³/mol. The smallest absolute Gasteiger partial charge is 0.262 e. The van der Waals surface area contributed by atoms with E-state index in [2.05, 4.69) is 34.9 Å². The van der Waals surface area contributed by atoms with Gasteiger partial charge in [0.05, 0.1) is 16.4 Å². The molecule has 25 heavy (non-hydrogen) atoms. The van der Waals surface area contributed by atoms with E-state index in [9.17, 15) is 9.59 Å². The fourth-order valence-corrected chi connectivity index (χ4v) is 3.30. The van der Waals surface area contributed by atoms with E-state index in [1.54, 1.807) is 12.1 Å². The topological polar surface area (TPSA) is 67.4 Å². The monoisotopic (exact) mass is 356 g/mol. The molecule has 128 valence electrons. The minimum absolute atomic E-state index is 0.0131. The molecule has 1 fully saturated rings. The molecule has 0 aromatic heterocycles. The van der Waals surface area contributed by atoms with Crippen molar-refractivity contribution in [1.82, 2.24) is 0 Å². The van der Waals surface area contributed by atoms with Gasteiger partial charge in [0.25, 0.3) is 5.91 Å². The van der Waals surface area contributed by atoms with E-state index in [1.165, 1.54) is 5.56 Å². The van der Waals surface area contributed by atoms with Crippen LogP contribution < -0.4 is 15.4 Å². The first kappa shape index (κ1) is 16.0. The van der Waals surface area contributed by atoms with E-state index < -0.39 is 0 Å². The zero-order valence-corrected chi connectivity index (χ0v) is 14.2. The fourth-order valence-electron chi connectivity index (χ4n) is 3.07. The maximum absolute atomic E-state index is 11.3. The van der Waals surface area contributed by atoms with Crippen molar-refractivity contribution < 1.29 is 14.3 Å². The molecule has 1 amide bonds. The number of ether oxygens (including phenoxy) is 1. The van der Waals surface area contributed by atoms with Crippen molar-refractivity contribution in [2.24, 2.45) is 0 Å². The Morgan fingerprint density at radius 2 is 1.92 bits per heavy atom. The third-order valence-electron chi connectivity index (χ3n) is 4.58. The lowest BCUT2D eigenvalue weighted by Gasteiger charge is -2.24. The van der Waals surface area contributed by atoms with Crippen LogP contribution in [0, 0.1) is 0 Å². The summed E-state index contributed by atoms with van der Waals surface area (Å²) in [5.41, 5.74) is 3.69. The van der Waals surface area contributed by atoms with E-state index in [-0.39, 0.29) is 12.5 Å². The minimum Gasteiger partial charge on any atom is -0.482 e. The van der Waals surface area contributed by atoms with Gasteiger partial charge in [-0.2, -0.15) is 0 Å². The number of Topliss-reactive ketones (excluding diaryl/α,β-unsaturated/α-hetero) is 1. The van der Waals surface area contributed by atoms with Gasteiger partial charge in [0.15, 0.2) is 6.61 Å². The van der Waals surface area contributed by atoms with E-state index in [4.69, 9.17) is 16.3 Å². The molecule has 0 unspecified atom stereocenters. The van der Waals surface area contributed by atoms with Gasteiger partial charge in [-0.05, 0) is 23.1 Å². The zero-order valence-electron chi connectivity index (χ0n) is 13.5. The molecule has 0 saturated heterocycles. The van der Waals surface area contributed by atoms with Crippen LogP contribution in [0.1, 0.15) is 29.9 Å². The summed E-state index contributed by atoms with van der Waals surface area (Å²) >= 11 is 6.28. The predicted octanol–water partition coefficient (Wildman–Crippen LogP) is 3.73. The van der Waals surface area contributed by atoms with Crippen LogP contribution in [0.5, 0.6) is 5.75 Å². The van der Waals surface area contributed by atoms with Gasteiger partial charge in [0, 0.05) is 25.5 Å². The van der Waals surface area contributed by atoms with Crippen LogP contribution in [0.15, 0.2) is 36.4 Å². The van der Waals surface area contributed by atoms with Gasteiger partial charge >= 0.3 is 0 Å². The summed E-state index contributed by atoms with van der Waals surface area (Å²) in [4.78, 5) is 22.4. The highest BCUT2D eigenvalue weighted by molar-refractivity contribution is 6.33. The van der Waals surface area contributed by atoms with Crippen molar-refractivity contribution >= 4 is 34.7 Å². The Hall–Kier alpha value is -2.53. The Morgan fingerprint density at radius 3 is 2.64 bits per heavy atom. The van der Waals surface area contributed by atoms with Gasteiger partial charge in [-0.25, -0.2) is 0 Å². The number of hydrogen-bond acceptors (Lipinski definition) is 4. The summed E-state index contributed by atoms with van der Waals surface area (Å²) in [5, 5.41) is 6.55. The second-order valence-corrected chi connectivity index (χ2v) is 6.81. The molecule has 1 aliphatic heterocycles. The quantitative estimate of drug-likeness (QED) is 0.876. The summed E-state index contributed by atoms with van der Waals surface area (Å²) in [5.74, 6) is 1.15. The molecular formula is C19H17ClN2O3. The molecule has 2 N–H and O–H groups in total. The molecule has 2 aromatic rings. The van der Waals surface area contributed by atoms with E-state index in [0.717, 1.165) is 11.3 Å². The van der Waals surface area contributed by atoms with Gasteiger partial charge in [0.2, 0.25) is 0 Å². The average molecular weight is 357 g/mol. The van der Waals surface area contributed by atoms with Crippen molar-refractivity contribution in [2.75, 3.05) is 17.2 Å². The first-order chi connectivity index (χ1) is 12.1. The molecule has 2 aliphatic rings. The standard InChI is InChI=1S/C19H17ClN2O3/c20-15-7-17-18(25-10-19(24)22-17)8-16(15)21-9-11-1-3-12(4-2-11)13-5-14(23)6-13/h1-4,7-8,13,21H,5-6,9-10H2,(H,22,24). The second kappa shape index (κ2) is 6.41. The number of anilines is 2. The molecule has 0 spiro atoms. The zero-order chi connectivity index (χ0) is 17.4. The van der Waals surface area contributed by atoms with E-state index >= 15 is 0 Å². The van der Waals surface area contributed by atoms with Crippen LogP contribution in [0.2, 0.25) is 5.02 Å². The molecule has 4 rings (SSSR count). The molecule has 1 aliphatic carbocycles. The lowest BCUT2D eigenvalue weighted by molar-refractivity contribution is -0.124. The number of carbonyl (C=O) groups excluding carboxylic acids is 2. The maximum atomic E-state index is 11.3. The van der Waals surface area contributed by atoms with Crippen LogP contribution in [0.25, 0.3) is 0 Å². The number of hydrogen-bond donors (Lipinski definition) is 2. The lowest BCUT2D eigenvalue weighted by Crippen LogP contribution is -2.25. The molecule has 5 nitrogen and oxygen atoms in total. The Bertz CT molecular complexity index is 840. The Balaban J connectivity index is 1.43. The molecule has 6 heteroatoms. The number of carbonyl (C=O) groups is 2. The number of nitrogens with one attached hydrogen (secondary N) is 2. The number of rotatable bonds is 4. The highest BCUT2D eigenvalue weighted by Gasteiger charge is 2.27. The van der Waals surface area contributed by atoms with Gasteiger partial charge in [-0.1, -0.05) is 35.9 Å². The third kappa shape index (κ3) is 3.33. The van der Waals surface area contributed by atoms with Crippen molar-refractivity contribution in [2.45, 2.75) is 25.3 Å². The molecule has 0 bridgehead atoms. The summed E-state index contributed by atoms with van der Waals surface area (Å²) in [6.45, 7) is 0.633. The highest BCUT2D eigenvalue weighted by Crippen LogP contribution is 2.37. The highest BCUT2D eigenvalue weighted by atomic mass is 35.5. The van der Waals surface area contributed by atoms with Crippen LogP contribution in [-0.2, 0) is 16.1 Å². The Kier molecular flexibility index (Phi) is 4.09. The third-order valence-corrected chi connectivity index (χ3v) is 4.90. The summed E-state index contributed by atoms with van der Waals surface area (Å²) in [7, 11) is 0. The number of fused-ring (bicyclic) bond motifs is 1. The van der Waals surface area contributed by atoms with Crippen molar-refractivity contribution in [1.29, 1.82) is 0 Å². The van der Waals surface area contributed by atoms with Gasteiger partial charge in [-0.15, -0.1) is 0 Å². The van der Waals surface area contributed by atoms with Crippen LogP contribution in [-0.4, -0.2) is 18.3 Å². The summed E-state index contributed by atoms with van der Waals surface area (Å²) < 4.78 is 5.41. The first-order valence-corrected chi connectivity index (χ1v) is 8.57. The minimum atomic E-state index is -0.183. The largest absolute Gasteiger partial charge is 0.482 e. The maximum Gasteiger partial charge on any atom is 0.262 e. The summed E-state index contributed by atoms with van der Waals surface area (Å²) in [6.07, 6.45) is 1.33. The van der Waals surface area contributed by atoms with Gasteiger partial charge in [0.1, 0.15) is 11.5 Å².